The number of carboxylic acid groups (broad SMARTS) is 1. The van der Waals surface area contributed by atoms with Crippen molar-refractivity contribution in [3.05, 3.63) is 29.6 Å². The normalized spacial score (nSPS) is 22.5. The summed E-state index contributed by atoms with van der Waals surface area (Å²) in [6.45, 7) is 1.97. The fraction of sp³-hybridized carbons (Fsp3) is 0.467. The van der Waals surface area contributed by atoms with Crippen molar-refractivity contribution >= 4 is 17.0 Å². The van der Waals surface area contributed by atoms with Crippen LogP contribution in [0, 0.1) is 6.92 Å². The molecule has 1 aromatic heterocycles. The van der Waals surface area contributed by atoms with Crippen LogP contribution >= 0.6 is 0 Å². The fourth-order valence-corrected chi connectivity index (χ4v) is 3.17. The number of benzene rings is 1. The van der Waals surface area contributed by atoms with Crippen molar-refractivity contribution < 1.29 is 14.6 Å². The van der Waals surface area contributed by atoms with Crippen molar-refractivity contribution in [2.24, 2.45) is 0 Å². The smallest absolute Gasteiger partial charge is 0.335 e. The van der Waals surface area contributed by atoms with Crippen LogP contribution in [0.3, 0.4) is 0 Å². The number of methoxy groups -OCH3 is 1. The first kappa shape index (κ1) is 13.1. The van der Waals surface area contributed by atoms with Gasteiger partial charge in [0.25, 0.3) is 0 Å². The largest absolute Gasteiger partial charge is 0.478 e. The minimum Gasteiger partial charge on any atom is -0.478 e. The van der Waals surface area contributed by atoms with Crippen LogP contribution in [0.2, 0.25) is 0 Å². The van der Waals surface area contributed by atoms with E-state index in [1.807, 2.05) is 6.92 Å². The lowest BCUT2D eigenvalue weighted by molar-refractivity contribution is 0.0697. The lowest BCUT2D eigenvalue weighted by Crippen LogP contribution is -2.10. The molecule has 1 heterocycles. The van der Waals surface area contributed by atoms with E-state index < -0.39 is 5.97 Å². The van der Waals surface area contributed by atoms with Gasteiger partial charge in [0.05, 0.1) is 22.7 Å². The van der Waals surface area contributed by atoms with Gasteiger partial charge >= 0.3 is 5.97 Å². The summed E-state index contributed by atoms with van der Waals surface area (Å²) in [6.07, 6.45) is 3.33. The van der Waals surface area contributed by atoms with Gasteiger partial charge in [-0.15, -0.1) is 0 Å². The standard InChI is InChI=1S/C15H18N2O3/c1-9-16-13-6-3-10(15(18)19)7-14(13)17(9)11-4-5-12(8-11)20-2/h3,6-7,11-12H,4-5,8H2,1-2H3,(H,18,19). The zero-order valence-corrected chi connectivity index (χ0v) is 11.7. The highest BCUT2D eigenvalue weighted by atomic mass is 16.5. The number of fused-ring (bicyclic) bond motifs is 1. The van der Waals surface area contributed by atoms with Crippen molar-refractivity contribution in [2.45, 2.75) is 38.3 Å². The number of carboxylic acids is 1. The van der Waals surface area contributed by atoms with Crippen molar-refractivity contribution in [1.82, 2.24) is 9.55 Å². The SMILES string of the molecule is COC1CCC(n2c(C)nc3ccc(C(=O)O)cc32)C1. The number of hydrogen-bond acceptors (Lipinski definition) is 3. The third-order valence-electron chi connectivity index (χ3n) is 4.17. The van der Waals surface area contributed by atoms with Crippen molar-refractivity contribution in [1.29, 1.82) is 0 Å². The Hall–Kier alpha value is -1.88. The number of carbonyl (C=O) groups is 1. The predicted octanol–water partition coefficient (Wildman–Crippen LogP) is 2.78. The number of rotatable bonds is 3. The molecular weight excluding hydrogens is 256 g/mol. The molecule has 20 heavy (non-hydrogen) atoms. The quantitative estimate of drug-likeness (QED) is 0.934. The van der Waals surface area contributed by atoms with Gasteiger partial charge in [-0.05, 0) is 44.4 Å². The second kappa shape index (κ2) is 4.90. The van der Waals surface area contributed by atoms with E-state index >= 15 is 0 Å². The molecular formula is C15H18N2O3. The number of nitrogens with zero attached hydrogens (tertiary/aromatic N) is 2. The molecule has 1 aromatic carbocycles. The lowest BCUT2D eigenvalue weighted by atomic mass is 10.2. The maximum Gasteiger partial charge on any atom is 0.335 e. The molecule has 1 fully saturated rings. The molecule has 0 spiro atoms. The summed E-state index contributed by atoms with van der Waals surface area (Å²) in [5, 5.41) is 9.14. The molecule has 0 radical (unpaired) electrons. The van der Waals surface area contributed by atoms with Gasteiger partial charge in [-0.3, -0.25) is 0 Å². The Morgan fingerprint density at radius 2 is 2.25 bits per heavy atom. The van der Waals surface area contributed by atoms with E-state index in [-0.39, 0.29) is 0 Å². The topological polar surface area (TPSA) is 64.4 Å². The Morgan fingerprint density at radius 3 is 2.90 bits per heavy atom. The number of ether oxygens (including phenoxy) is 1. The summed E-state index contributed by atoms with van der Waals surface area (Å²) in [5.74, 6) is 0.0304. The Labute approximate surface area is 117 Å². The predicted molar refractivity (Wildman–Crippen MR) is 75.1 cm³/mol. The van der Waals surface area contributed by atoms with Gasteiger partial charge < -0.3 is 14.4 Å². The monoisotopic (exact) mass is 274 g/mol. The second-order valence-electron chi connectivity index (χ2n) is 5.36. The van der Waals surface area contributed by atoms with Crippen LogP contribution in [0.5, 0.6) is 0 Å². The molecule has 5 nitrogen and oxygen atoms in total. The summed E-state index contributed by atoms with van der Waals surface area (Å²) in [6, 6.07) is 5.45. The minimum atomic E-state index is -0.904. The highest BCUT2D eigenvalue weighted by Crippen LogP contribution is 2.35. The van der Waals surface area contributed by atoms with Gasteiger partial charge in [0, 0.05) is 13.2 Å². The molecule has 106 valence electrons. The number of aromatic carboxylic acids is 1. The summed E-state index contributed by atoms with van der Waals surface area (Å²) in [7, 11) is 1.74. The Kier molecular flexibility index (Phi) is 3.22. The third-order valence-corrected chi connectivity index (χ3v) is 4.17. The second-order valence-corrected chi connectivity index (χ2v) is 5.36. The van der Waals surface area contributed by atoms with Gasteiger partial charge in [-0.1, -0.05) is 0 Å². The molecule has 1 N–H and O–H groups in total. The minimum absolute atomic E-state index is 0.291. The van der Waals surface area contributed by atoms with E-state index in [9.17, 15) is 4.79 Å². The average molecular weight is 274 g/mol. The number of hydrogen-bond donors (Lipinski definition) is 1. The van der Waals surface area contributed by atoms with Gasteiger partial charge in [-0.25, -0.2) is 9.78 Å². The average Bonchev–Trinajstić information content (AvgIpc) is 3.00. The van der Waals surface area contributed by atoms with E-state index in [0.717, 1.165) is 36.1 Å². The fourth-order valence-electron chi connectivity index (χ4n) is 3.17. The van der Waals surface area contributed by atoms with E-state index in [1.165, 1.54) is 0 Å². The van der Waals surface area contributed by atoms with E-state index in [1.54, 1.807) is 25.3 Å². The molecule has 2 aromatic rings. The zero-order chi connectivity index (χ0) is 14.3. The highest BCUT2D eigenvalue weighted by molar-refractivity contribution is 5.92. The van der Waals surface area contributed by atoms with Gasteiger partial charge in [0.2, 0.25) is 0 Å². The summed E-state index contributed by atoms with van der Waals surface area (Å²) < 4.78 is 7.59. The first-order valence-corrected chi connectivity index (χ1v) is 6.85. The molecule has 2 atom stereocenters. The molecule has 0 aliphatic heterocycles. The van der Waals surface area contributed by atoms with Gasteiger partial charge in [-0.2, -0.15) is 0 Å². The van der Waals surface area contributed by atoms with Crippen LogP contribution in [-0.4, -0.2) is 33.8 Å². The first-order chi connectivity index (χ1) is 9.60. The Bertz CT molecular complexity index is 662. The molecule has 1 aliphatic rings. The first-order valence-electron chi connectivity index (χ1n) is 6.85. The molecule has 1 aliphatic carbocycles. The maximum absolute atomic E-state index is 11.1. The van der Waals surface area contributed by atoms with Crippen LogP contribution in [0.4, 0.5) is 0 Å². The van der Waals surface area contributed by atoms with Crippen LogP contribution in [0.15, 0.2) is 18.2 Å². The van der Waals surface area contributed by atoms with Crippen LogP contribution in [-0.2, 0) is 4.74 Å². The molecule has 0 amide bonds. The Morgan fingerprint density at radius 1 is 1.45 bits per heavy atom. The molecule has 1 saturated carbocycles. The molecule has 5 heteroatoms. The highest BCUT2D eigenvalue weighted by Gasteiger charge is 2.28. The molecule has 0 saturated heterocycles. The Balaban J connectivity index is 2.07. The van der Waals surface area contributed by atoms with E-state index in [2.05, 4.69) is 9.55 Å². The number of aromatic nitrogens is 2. The van der Waals surface area contributed by atoms with Crippen molar-refractivity contribution in [3.63, 3.8) is 0 Å². The maximum atomic E-state index is 11.1. The van der Waals surface area contributed by atoms with Crippen LogP contribution in [0.1, 0.15) is 41.5 Å². The summed E-state index contributed by atoms with van der Waals surface area (Å²) in [4.78, 5) is 15.7. The van der Waals surface area contributed by atoms with Gasteiger partial charge in [0.1, 0.15) is 5.82 Å². The summed E-state index contributed by atoms with van der Waals surface area (Å²) >= 11 is 0. The van der Waals surface area contributed by atoms with Crippen molar-refractivity contribution in [3.8, 4) is 0 Å². The summed E-state index contributed by atoms with van der Waals surface area (Å²) in [5.41, 5.74) is 2.07. The third kappa shape index (κ3) is 2.08. The van der Waals surface area contributed by atoms with E-state index in [0.29, 0.717) is 17.7 Å². The molecule has 0 bridgehead atoms. The molecule has 3 rings (SSSR count). The van der Waals surface area contributed by atoms with Gasteiger partial charge in [0.15, 0.2) is 0 Å². The van der Waals surface area contributed by atoms with E-state index in [4.69, 9.17) is 9.84 Å². The van der Waals surface area contributed by atoms with Crippen molar-refractivity contribution in [2.75, 3.05) is 7.11 Å². The zero-order valence-electron chi connectivity index (χ0n) is 11.7. The lowest BCUT2D eigenvalue weighted by Gasteiger charge is -2.15. The van der Waals surface area contributed by atoms with Crippen LogP contribution < -0.4 is 0 Å². The van der Waals surface area contributed by atoms with Crippen LogP contribution in [0.25, 0.3) is 11.0 Å². The molecule has 2 unspecified atom stereocenters. The number of aryl methyl sites for hydroxylation is 1. The number of imidazole rings is 1.